The highest BCUT2D eigenvalue weighted by Crippen LogP contribution is 2.21. The molecule has 104 valence electrons. The fourth-order valence-corrected chi connectivity index (χ4v) is 2.51. The molecule has 0 spiro atoms. The van der Waals surface area contributed by atoms with Gasteiger partial charge >= 0.3 is 0 Å². The van der Waals surface area contributed by atoms with Crippen molar-refractivity contribution in [1.29, 1.82) is 0 Å². The number of aliphatic hydroxyl groups excluding tert-OH is 1. The molecule has 2 N–H and O–H groups in total. The summed E-state index contributed by atoms with van der Waals surface area (Å²) >= 11 is 1.29. The van der Waals surface area contributed by atoms with Gasteiger partial charge in [-0.3, -0.25) is 4.79 Å². The predicted octanol–water partition coefficient (Wildman–Crippen LogP) is 1.66. The summed E-state index contributed by atoms with van der Waals surface area (Å²) in [4.78, 5) is 11.5. The first-order chi connectivity index (χ1) is 9.79. The lowest BCUT2D eigenvalue weighted by molar-refractivity contribution is -0.119. The van der Waals surface area contributed by atoms with E-state index in [-0.39, 0.29) is 17.8 Å². The van der Waals surface area contributed by atoms with Gasteiger partial charge in [-0.05, 0) is 18.1 Å². The number of benzene rings is 1. The van der Waals surface area contributed by atoms with Crippen molar-refractivity contribution >= 4 is 35.1 Å². The SMILES string of the molecule is O=C1N\C(=N/N=C\C=C/c2ccccc2)SC1CCO. The molecule has 1 heterocycles. The first-order valence-corrected chi connectivity index (χ1v) is 7.08. The van der Waals surface area contributed by atoms with Crippen molar-refractivity contribution in [1.82, 2.24) is 5.32 Å². The highest BCUT2D eigenvalue weighted by Gasteiger charge is 2.29. The summed E-state index contributed by atoms with van der Waals surface area (Å²) in [5.41, 5.74) is 1.08. The van der Waals surface area contributed by atoms with Gasteiger partial charge in [-0.2, -0.15) is 5.10 Å². The molecule has 0 aromatic heterocycles. The molecule has 1 aliphatic rings. The third-order valence-electron chi connectivity index (χ3n) is 2.56. The van der Waals surface area contributed by atoms with E-state index < -0.39 is 0 Å². The molecule has 1 saturated heterocycles. The van der Waals surface area contributed by atoms with E-state index in [1.807, 2.05) is 36.4 Å². The highest BCUT2D eigenvalue weighted by atomic mass is 32.2. The number of amidine groups is 1. The smallest absolute Gasteiger partial charge is 0.239 e. The molecule has 1 amide bonds. The molecule has 1 atom stereocenters. The van der Waals surface area contributed by atoms with Gasteiger partial charge in [0.1, 0.15) is 0 Å². The number of nitrogens with one attached hydrogen (secondary N) is 1. The zero-order valence-electron chi connectivity index (χ0n) is 10.8. The highest BCUT2D eigenvalue weighted by molar-refractivity contribution is 8.15. The van der Waals surface area contributed by atoms with Crippen molar-refractivity contribution in [2.45, 2.75) is 11.7 Å². The average Bonchev–Trinajstić information content (AvgIpc) is 2.80. The van der Waals surface area contributed by atoms with Crippen molar-refractivity contribution in [3.63, 3.8) is 0 Å². The number of aliphatic hydroxyl groups is 1. The molecule has 1 unspecified atom stereocenters. The van der Waals surface area contributed by atoms with Gasteiger partial charge in [-0.25, -0.2) is 0 Å². The van der Waals surface area contributed by atoms with E-state index in [1.54, 1.807) is 12.3 Å². The molecule has 1 fully saturated rings. The summed E-state index contributed by atoms with van der Waals surface area (Å²) in [6, 6.07) is 9.86. The lowest BCUT2D eigenvalue weighted by atomic mass is 10.2. The summed E-state index contributed by atoms with van der Waals surface area (Å²) in [6.07, 6.45) is 5.68. The fraction of sp³-hybridized carbons (Fsp3) is 0.214. The van der Waals surface area contributed by atoms with Gasteiger partial charge in [0.15, 0.2) is 5.17 Å². The van der Waals surface area contributed by atoms with Crippen LogP contribution >= 0.6 is 11.8 Å². The fourth-order valence-electron chi connectivity index (χ4n) is 1.60. The Kier molecular flexibility index (Phi) is 5.52. The second kappa shape index (κ2) is 7.62. The van der Waals surface area contributed by atoms with E-state index in [0.29, 0.717) is 11.6 Å². The molecular formula is C14H15N3O2S. The molecule has 0 radical (unpaired) electrons. The molecule has 1 aromatic carbocycles. The third kappa shape index (κ3) is 4.32. The third-order valence-corrected chi connectivity index (χ3v) is 3.70. The number of amides is 1. The monoisotopic (exact) mass is 289 g/mol. The number of allylic oxidation sites excluding steroid dienone is 1. The zero-order chi connectivity index (χ0) is 14.2. The van der Waals surface area contributed by atoms with Crippen LogP contribution in [0.25, 0.3) is 6.08 Å². The number of hydrogen-bond acceptors (Lipinski definition) is 5. The second-order valence-electron chi connectivity index (χ2n) is 4.05. The molecular weight excluding hydrogens is 274 g/mol. The van der Waals surface area contributed by atoms with Crippen LogP contribution < -0.4 is 5.32 Å². The zero-order valence-corrected chi connectivity index (χ0v) is 11.6. The summed E-state index contributed by atoms with van der Waals surface area (Å²) < 4.78 is 0. The maximum atomic E-state index is 11.5. The number of rotatable bonds is 5. The van der Waals surface area contributed by atoms with Crippen molar-refractivity contribution in [2.75, 3.05) is 6.61 Å². The van der Waals surface area contributed by atoms with Gasteiger partial charge < -0.3 is 10.4 Å². The largest absolute Gasteiger partial charge is 0.396 e. The van der Waals surface area contributed by atoms with Crippen LogP contribution in [0.1, 0.15) is 12.0 Å². The summed E-state index contributed by atoms with van der Waals surface area (Å²) in [5, 5.41) is 19.4. The summed E-state index contributed by atoms with van der Waals surface area (Å²) in [7, 11) is 0. The summed E-state index contributed by atoms with van der Waals surface area (Å²) in [5.74, 6) is -0.127. The quantitative estimate of drug-likeness (QED) is 0.639. The Hall–Kier alpha value is -1.92. The Morgan fingerprint density at radius 2 is 2.15 bits per heavy atom. The maximum absolute atomic E-state index is 11.5. The Morgan fingerprint density at radius 3 is 2.90 bits per heavy atom. The Morgan fingerprint density at radius 1 is 1.35 bits per heavy atom. The molecule has 1 aromatic rings. The van der Waals surface area contributed by atoms with E-state index in [0.717, 1.165) is 5.56 Å². The Labute approximate surface area is 121 Å². The van der Waals surface area contributed by atoms with Crippen LogP contribution in [0.5, 0.6) is 0 Å². The van der Waals surface area contributed by atoms with Gasteiger partial charge in [-0.1, -0.05) is 48.2 Å². The molecule has 5 nitrogen and oxygen atoms in total. The topological polar surface area (TPSA) is 74.0 Å². The normalized spacial score (nSPS) is 21.1. The van der Waals surface area contributed by atoms with Crippen LogP contribution in [0.3, 0.4) is 0 Å². The van der Waals surface area contributed by atoms with Crippen molar-refractivity contribution in [3.05, 3.63) is 42.0 Å². The van der Waals surface area contributed by atoms with Crippen molar-refractivity contribution in [2.24, 2.45) is 10.2 Å². The number of hydrogen-bond donors (Lipinski definition) is 2. The van der Waals surface area contributed by atoms with Crippen LogP contribution in [-0.2, 0) is 4.79 Å². The van der Waals surface area contributed by atoms with Crippen LogP contribution in [0.4, 0.5) is 0 Å². The van der Waals surface area contributed by atoms with Crippen LogP contribution in [0.15, 0.2) is 46.6 Å². The number of nitrogens with zero attached hydrogens (tertiary/aromatic N) is 2. The maximum Gasteiger partial charge on any atom is 0.239 e. The first-order valence-electron chi connectivity index (χ1n) is 6.20. The van der Waals surface area contributed by atoms with Gasteiger partial charge in [0.05, 0.1) is 5.25 Å². The number of thioether (sulfide) groups is 1. The first kappa shape index (κ1) is 14.5. The van der Waals surface area contributed by atoms with E-state index in [9.17, 15) is 4.79 Å². The molecule has 2 rings (SSSR count). The van der Waals surface area contributed by atoms with Crippen molar-refractivity contribution in [3.8, 4) is 0 Å². The average molecular weight is 289 g/mol. The molecule has 1 aliphatic heterocycles. The molecule has 20 heavy (non-hydrogen) atoms. The number of carbonyl (C=O) groups excluding carboxylic acids is 1. The molecule has 0 saturated carbocycles. The Bertz CT molecular complexity index is 541. The minimum atomic E-state index is -0.270. The van der Waals surface area contributed by atoms with Gasteiger partial charge in [0, 0.05) is 12.8 Å². The standard InChI is InChI=1S/C14H15N3O2S/c18-10-8-12-13(19)16-14(20-12)17-15-9-4-7-11-5-2-1-3-6-11/h1-7,9,12,18H,8,10H2,(H,16,17,19)/b7-4-,15-9-. The van der Waals surface area contributed by atoms with Crippen molar-refractivity contribution < 1.29 is 9.90 Å². The van der Waals surface area contributed by atoms with E-state index in [1.165, 1.54) is 11.8 Å². The van der Waals surface area contributed by atoms with Crippen LogP contribution in [0.2, 0.25) is 0 Å². The summed E-state index contributed by atoms with van der Waals surface area (Å²) in [6.45, 7) is -0.0125. The minimum Gasteiger partial charge on any atom is -0.396 e. The molecule has 6 heteroatoms. The molecule has 0 aliphatic carbocycles. The predicted molar refractivity (Wildman–Crippen MR) is 82.6 cm³/mol. The van der Waals surface area contributed by atoms with Crippen LogP contribution in [-0.4, -0.2) is 34.3 Å². The van der Waals surface area contributed by atoms with Gasteiger partial charge in [-0.15, -0.1) is 5.10 Å². The minimum absolute atomic E-state index is 0.0125. The second-order valence-corrected chi connectivity index (χ2v) is 5.24. The number of carbonyl (C=O) groups is 1. The van der Waals surface area contributed by atoms with E-state index in [4.69, 9.17) is 5.11 Å². The Balaban J connectivity index is 1.86. The van der Waals surface area contributed by atoms with Crippen LogP contribution in [0, 0.1) is 0 Å². The lowest BCUT2D eigenvalue weighted by Gasteiger charge is -1.98. The lowest BCUT2D eigenvalue weighted by Crippen LogP contribution is -2.25. The van der Waals surface area contributed by atoms with Gasteiger partial charge in [0.2, 0.25) is 5.91 Å². The van der Waals surface area contributed by atoms with E-state index in [2.05, 4.69) is 15.5 Å². The van der Waals surface area contributed by atoms with E-state index >= 15 is 0 Å². The van der Waals surface area contributed by atoms with Gasteiger partial charge in [0.25, 0.3) is 0 Å². The molecule has 0 bridgehead atoms.